The van der Waals surface area contributed by atoms with Gasteiger partial charge in [0.15, 0.2) is 0 Å². The molecule has 1 rings (SSSR count). The van der Waals surface area contributed by atoms with E-state index in [1.165, 1.54) is 36.1 Å². The normalized spacial score (nSPS) is 13.7. The lowest BCUT2D eigenvalue weighted by Gasteiger charge is -2.35. The molecule has 4 N–H and O–H groups in total. The number of hydrogen-bond acceptors (Lipinski definition) is 6. The van der Waals surface area contributed by atoms with Gasteiger partial charge in [0.1, 0.15) is 23.4 Å². The minimum absolute atomic E-state index is 0.0127. The highest BCUT2D eigenvalue weighted by atomic mass is 16.6. The molecule has 31 heavy (non-hydrogen) atoms. The molecule has 3 amide bonds. The third kappa shape index (κ3) is 8.84. The number of nitrogens with one attached hydrogen (secondary N) is 2. The molecule has 0 fully saturated rings. The van der Waals surface area contributed by atoms with Crippen molar-refractivity contribution in [1.29, 1.82) is 0 Å². The number of aliphatic hydroxyl groups excluding tert-OH is 1. The van der Waals surface area contributed by atoms with Crippen molar-refractivity contribution in [3.8, 4) is 5.75 Å². The van der Waals surface area contributed by atoms with Crippen molar-refractivity contribution in [3.63, 3.8) is 0 Å². The Labute approximate surface area is 183 Å². The number of phenolic OH excluding ortho intramolecular Hbond substituents is 1. The molecule has 0 aliphatic carbocycles. The van der Waals surface area contributed by atoms with Gasteiger partial charge in [-0.2, -0.15) is 0 Å². The first-order valence-corrected chi connectivity index (χ1v) is 10.2. The number of carbonyl (C=O) groups is 3. The van der Waals surface area contributed by atoms with E-state index in [9.17, 15) is 24.6 Å². The monoisotopic (exact) mass is 437 g/mol. The molecule has 2 unspecified atom stereocenters. The maximum absolute atomic E-state index is 13.2. The predicted octanol–water partition coefficient (Wildman–Crippen LogP) is 2.08. The Bertz CT molecular complexity index is 765. The lowest BCUT2D eigenvalue weighted by molar-refractivity contribution is -0.143. The van der Waals surface area contributed by atoms with E-state index < -0.39 is 41.1 Å². The van der Waals surface area contributed by atoms with Crippen LogP contribution in [0.2, 0.25) is 0 Å². The Morgan fingerprint density at radius 1 is 1.06 bits per heavy atom. The fourth-order valence-electron chi connectivity index (χ4n) is 2.84. The summed E-state index contributed by atoms with van der Waals surface area (Å²) in [4.78, 5) is 39.6. The smallest absolute Gasteiger partial charge is 0.408 e. The van der Waals surface area contributed by atoms with E-state index in [0.29, 0.717) is 5.56 Å². The summed E-state index contributed by atoms with van der Waals surface area (Å²) < 4.78 is 5.19. The van der Waals surface area contributed by atoms with Crippen LogP contribution in [0.25, 0.3) is 0 Å². The second-order valence-electron chi connectivity index (χ2n) is 9.36. The number of aliphatic hydroxyl groups is 1. The maximum atomic E-state index is 13.2. The van der Waals surface area contributed by atoms with E-state index in [0.717, 1.165) is 0 Å². The average Bonchev–Trinajstić information content (AvgIpc) is 2.59. The maximum Gasteiger partial charge on any atom is 0.408 e. The van der Waals surface area contributed by atoms with Gasteiger partial charge in [-0.05, 0) is 66.2 Å². The third-order valence-corrected chi connectivity index (χ3v) is 3.99. The zero-order chi connectivity index (χ0) is 24.0. The molecule has 0 saturated heterocycles. The van der Waals surface area contributed by atoms with Crippen molar-refractivity contribution in [2.24, 2.45) is 0 Å². The molecule has 9 nitrogen and oxygen atoms in total. The van der Waals surface area contributed by atoms with E-state index in [2.05, 4.69) is 10.6 Å². The summed E-state index contributed by atoms with van der Waals surface area (Å²) in [5.41, 5.74) is -0.856. The first-order valence-electron chi connectivity index (χ1n) is 10.2. The number of phenols is 1. The Kier molecular flexibility index (Phi) is 8.86. The molecular formula is C22H35N3O6. The number of carbonyl (C=O) groups excluding carboxylic acids is 3. The van der Waals surface area contributed by atoms with Gasteiger partial charge in [0.05, 0.1) is 6.61 Å². The zero-order valence-electron chi connectivity index (χ0n) is 19.4. The summed E-state index contributed by atoms with van der Waals surface area (Å²) in [6, 6.07) is 3.80. The molecule has 0 aliphatic heterocycles. The second kappa shape index (κ2) is 10.5. The first-order chi connectivity index (χ1) is 14.1. The minimum atomic E-state index is -1.08. The van der Waals surface area contributed by atoms with Crippen LogP contribution in [0.5, 0.6) is 5.75 Å². The number of amides is 3. The highest BCUT2D eigenvalue weighted by molar-refractivity contribution is 5.92. The molecule has 0 heterocycles. The SMILES string of the molecule is CC(NC(=O)OC(C)(C)C)C(=O)N(CCO)C(C(=O)NC(C)(C)C)c1ccc(O)cc1. The Balaban J connectivity index is 3.25. The quantitative estimate of drug-likeness (QED) is 0.517. The largest absolute Gasteiger partial charge is 0.508 e. The lowest BCUT2D eigenvalue weighted by Crippen LogP contribution is -2.54. The number of aromatic hydroxyl groups is 1. The van der Waals surface area contributed by atoms with Gasteiger partial charge in [0.25, 0.3) is 0 Å². The minimum Gasteiger partial charge on any atom is -0.508 e. The number of alkyl carbamates (subject to hydrolysis) is 1. The molecule has 0 spiro atoms. The molecule has 0 radical (unpaired) electrons. The van der Waals surface area contributed by atoms with Crippen LogP contribution in [-0.4, -0.2) is 63.4 Å². The standard InChI is InChI=1S/C22H35N3O6/c1-14(23-20(30)31-22(5,6)7)19(29)25(12-13-26)17(18(28)24-21(2,3)4)15-8-10-16(27)11-9-15/h8-11,14,17,26-27H,12-13H2,1-7H3,(H,23,30)(H,24,28). The van der Waals surface area contributed by atoms with Crippen molar-refractivity contribution >= 4 is 17.9 Å². The van der Waals surface area contributed by atoms with Crippen molar-refractivity contribution < 1.29 is 29.3 Å². The van der Waals surface area contributed by atoms with E-state index in [1.807, 2.05) is 20.8 Å². The summed E-state index contributed by atoms with van der Waals surface area (Å²) in [5.74, 6) is -1.01. The Hall–Kier alpha value is -2.81. The highest BCUT2D eigenvalue weighted by Crippen LogP contribution is 2.25. The lowest BCUT2D eigenvalue weighted by atomic mass is 10.0. The molecule has 0 aromatic heterocycles. The van der Waals surface area contributed by atoms with Crippen LogP contribution in [-0.2, 0) is 14.3 Å². The van der Waals surface area contributed by atoms with Gasteiger partial charge in [-0.15, -0.1) is 0 Å². The average molecular weight is 438 g/mol. The summed E-state index contributed by atoms with van der Waals surface area (Å²) in [6.07, 6.45) is -0.766. The van der Waals surface area contributed by atoms with E-state index in [-0.39, 0.29) is 18.9 Å². The number of rotatable bonds is 7. The molecular weight excluding hydrogens is 402 g/mol. The van der Waals surface area contributed by atoms with Crippen molar-refractivity contribution in [1.82, 2.24) is 15.5 Å². The van der Waals surface area contributed by atoms with E-state index in [4.69, 9.17) is 4.74 Å². The fourth-order valence-corrected chi connectivity index (χ4v) is 2.84. The second-order valence-corrected chi connectivity index (χ2v) is 9.36. The topological polar surface area (TPSA) is 128 Å². The summed E-state index contributed by atoms with van der Waals surface area (Å²) in [6.45, 7) is 11.5. The van der Waals surface area contributed by atoms with Gasteiger partial charge in [-0.3, -0.25) is 9.59 Å². The number of hydrogen-bond donors (Lipinski definition) is 4. The molecule has 2 atom stereocenters. The molecule has 0 bridgehead atoms. The number of ether oxygens (including phenoxy) is 1. The molecule has 1 aromatic carbocycles. The van der Waals surface area contributed by atoms with Gasteiger partial charge in [0, 0.05) is 12.1 Å². The van der Waals surface area contributed by atoms with E-state index in [1.54, 1.807) is 20.8 Å². The first kappa shape index (κ1) is 26.2. The number of benzene rings is 1. The molecule has 0 saturated carbocycles. The van der Waals surface area contributed by atoms with Crippen molar-refractivity contribution in [2.45, 2.75) is 71.7 Å². The van der Waals surface area contributed by atoms with Crippen LogP contribution in [0.1, 0.15) is 60.1 Å². The zero-order valence-corrected chi connectivity index (χ0v) is 19.4. The molecule has 0 aliphatic rings. The third-order valence-electron chi connectivity index (χ3n) is 3.99. The van der Waals surface area contributed by atoms with Crippen LogP contribution in [0.4, 0.5) is 4.79 Å². The van der Waals surface area contributed by atoms with Crippen LogP contribution >= 0.6 is 0 Å². The van der Waals surface area contributed by atoms with Gasteiger partial charge < -0.3 is 30.5 Å². The molecule has 1 aromatic rings. The molecule has 9 heteroatoms. The summed E-state index contributed by atoms with van der Waals surface area (Å²) in [5, 5.41) is 24.5. The predicted molar refractivity (Wildman–Crippen MR) is 116 cm³/mol. The number of nitrogens with zero attached hydrogens (tertiary/aromatic N) is 1. The van der Waals surface area contributed by atoms with Gasteiger partial charge in [-0.1, -0.05) is 12.1 Å². The van der Waals surface area contributed by atoms with Crippen LogP contribution in [0, 0.1) is 0 Å². The summed E-state index contributed by atoms with van der Waals surface area (Å²) >= 11 is 0. The van der Waals surface area contributed by atoms with Gasteiger partial charge in [0.2, 0.25) is 11.8 Å². The van der Waals surface area contributed by atoms with Crippen molar-refractivity contribution in [2.75, 3.05) is 13.2 Å². The fraction of sp³-hybridized carbons (Fsp3) is 0.591. The van der Waals surface area contributed by atoms with Crippen LogP contribution in [0.15, 0.2) is 24.3 Å². The van der Waals surface area contributed by atoms with Crippen molar-refractivity contribution in [3.05, 3.63) is 29.8 Å². The highest BCUT2D eigenvalue weighted by Gasteiger charge is 2.35. The van der Waals surface area contributed by atoms with Gasteiger partial charge >= 0.3 is 6.09 Å². The molecule has 174 valence electrons. The van der Waals surface area contributed by atoms with Crippen LogP contribution in [0.3, 0.4) is 0 Å². The Morgan fingerprint density at radius 3 is 2.06 bits per heavy atom. The van der Waals surface area contributed by atoms with E-state index >= 15 is 0 Å². The van der Waals surface area contributed by atoms with Crippen LogP contribution < -0.4 is 10.6 Å². The summed E-state index contributed by atoms with van der Waals surface area (Å²) in [7, 11) is 0. The Morgan fingerprint density at radius 2 is 1.61 bits per heavy atom. The van der Waals surface area contributed by atoms with Gasteiger partial charge in [-0.25, -0.2) is 4.79 Å².